The molecule has 0 fully saturated rings. The number of cyclic esters (lactones) is 1. The van der Waals surface area contributed by atoms with Crippen molar-refractivity contribution in [3.63, 3.8) is 0 Å². The van der Waals surface area contributed by atoms with E-state index in [0.717, 1.165) is 0 Å². The van der Waals surface area contributed by atoms with Crippen LogP contribution in [0.15, 0.2) is 35.1 Å². The number of carbonyl (C=O) groups excluding carboxylic acids is 1. The first-order valence-electron chi connectivity index (χ1n) is 9.14. The smallest absolute Gasteiger partial charge is 0.340 e. The molecular formula is C20H17N3O6. The number of hydrogen-bond acceptors (Lipinski definition) is 7. The summed E-state index contributed by atoms with van der Waals surface area (Å²) < 4.78 is 6.33. The lowest BCUT2D eigenvalue weighted by Crippen LogP contribution is -2.32. The minimum Gasteiger partial charge on any atom is -0.458 e. The number of esters is 1. The largest absolute Gasteiger partial charge is 0.458 e. The van der Waals surface area contributed by atoms with E-state index < -0.39 is 17.0 Å². The number of aromatic nitrogens is 2. The Balaban J connectivity index is 0.000000994. The number of rotatable bonds is 1. The molecule has 1 atom stereocenters. The van der Waals surface area contributed by atoms with Gasteiger partial charge in [0.05, 0.1) is 39.3 Å². The van der Waals surface area contributed by atoms with Crippen LogP contribution in [0.5, 0.6) is 0 Å². The third-order valence-corrected chi connectivity index (χ3v) is 4.99. The van der Waals surface area contributed by atoms with Gasteiger partial charge in [-0.25, -0.2) is 9.78 Å². The van der Waals surface area contributed by atoms with Crippen molar-refractivity contribution in [2.75, 3.05) is 0 Å². The van der Waals surface area contributed by atoms with Gasteiger partial charge in [-0.2, -0.15) is 0 Å². The van der Waals surface area contributed by atoms with Crippen LogP contribution in [0.2, 0.25) is 0 Å². The number of nitro groups is 1. The minimum absolute atomic E-state index is 0.0557. The second kappa shape index (κ2) is 6.78. The quantitative estimate of drug-likeness (QED) is 0.298. The van der Waals surface area contributed by atoms with E-state index in [-0.39, 0.29) is 35.5 Å². The molecule has 1 N–H and O–H groups in total. The van der Waals surface area contributed by atoms with Gasteiger partial charge in [0.25, 0.3) is 11.2 Å². The number of aliphatic hydroxyl groups is 1. The highest BCUT2D eigenvalue weighted by atomic mass is 16.6. The van der Waals surface area contributed by atoms with Crippen molar-refractivity contribution in [2.45, 2.75) is 33.1 Å². The van der Waals surface area contributed by atoms with Gasteiger partial charge in [-0.3, -0.25) is 14.9 Å². The van der Waals surface area contributed by atoms with Gasteiger partial charge in [-0.05, 0) is 18.2 Å². The number of fused-ring (bicyclic) bond motifs is 5. The van der Waals surface area contributed by atoms with E-state index in [2.05, 4.69) is 4.98 Å². The Bertz CT molecular complexity index is 1250. The Labute approximate surface area is 164 Å². The fourth-order valence-electron chi connectivity index (χ4n) is 3.69. The second-order valence-electron chi connectivity index (χ2n) is 6.46. The molecule has 9 heteroatoms. The molecule has 1 aromatic carbocycles. The Morgan fingerprint density at radius 3 is 2.76 bits per heavy atom. The number of hydrogen-bond donors (Lipinski definition) is 1. The van der Waals surface area contributed by atoms with Gasteiger partial charge in [-0.15, -0.1) is 0 Å². The molecule has 1 unspecified atom stereocenters. The van der Waals surface area contributed by atoms with Gasteiger partial charge < -0.3 is 14.4 Å². The fraction of sp³-hybridized carbons (Fsp3) is 0.250. The maximum atomic E-state index is 12.8. The molecule has 0 saturated heterocycles. The summed E-state index contributed by atoms with van der Waals surface area (Å²) in [5, 5.41) is 21.8. The van der Waals surface area contributed by atoms with Crippen LogP contribution in [-0.4, -0.2) is 25.6 Å². The van der Waals surface area contributed by atoms with Crippen LogP contribution in [0.3, 0.4) is 0 Å². The molecule has 4 heterocycles. The van der Waals surface area contributed by atoms with Crippen LogP contribution in [0.25, 0.3) is 22.3 Å². The lowest BCUT2D eigenvalue weighted by Gasteiger charge is -2.21. The summed E-state index contributed by atoms with van der Waals surface area (Å²) in [7, 11) is 0. The zero-order valence-electron chi connectivity index (χ0n) is 15.7. The van der Waals surface area contributed by atoms with Gasteiger partial charge in [0.15, 0.2) is 6.10 Å². The maximum Gasteiger partial charge on any atom is 0.340 e. The van der Waals surface area contributed by atoms with Crippen molar-refractivity contribution in [1.82, 2.24) is 9.55 Å². The molecule has 0 aliphatic carbocycles. The second-order valence-corrected chi connectivity index (χ2v) is 6.46. The number of benzene rings is 1. The third kappa shape index (κ3) is 2.70. The summed E-state index contributed by atoms with van der Waals surface area (Å²) >= 11 is 0. The van der Waals surface area contributed by atoms with Crippen molar-refractivity contribution < 1.29 is 19.6 Å². The molecule has 2 aliphatic rings. The number of carbonyl (C=O) groups is 1. The standard InChI is InChI=1S/C18H11N3O6.C2H6/c22-16-9-5-14-15-8(6-20(14)17(23)11(9)7-27-18(16)24)4-10-12(19-15)2-1-3-13(10)21(25)26;1-2/h1-5,16,22H,6-7H2;1-2H3. The summed E-state index contributed by atoms with van der Waals surface area (Å²) in [5.74, 6) is -0.799. The molecule has 0 spiro atoms. The minimum atomic E-state index is -1.52. The first-order chi connectivity index (χ1) is 14.0. The average Bonchev–Trinajstić information content (AvgIpc) is 3.08. The molecule has 0 amide bonds. The number of pyridine rings is 2. The van der Waals surface area contributed by atoms with Crippen LogP contribution in [0.4, 0.5) is 5.69 Å². The molecule has 29 heavy (non-hydrogen) atoms. The van der Waals surface area contributed by atoms with E-state index in [1.165, 1.54) is 10.6 Å². The number of ether oxygens (including phenoxy) is 1. The predicted molar refractivity (Wildman–Crippen MR) is 103 cm³/mol. The van der Waals surface area contributed by atoms with Crippen LogP contribution >= 0.6 is 0 Å². The van der Waals surface area contributed by atoms with E-state index in [1.54, 1.807) is 24.3 Å². The zero-order valence-corrected chi connectivity index (χ0v) is 15.7. The normalized spacial score (nSPS) is 16.2. The Hall–Kier alpha value is -3.59. The Morgan fingerprint density at radius 1 is 1.28 bits per heavy atom. The topological polar surface area (TPSA) is 125 Å². The first-order valence-corrected chi connectivity index (χ1v) is 9.14. The lowest BCUT2D eigenvalue weighted by atomic mass is 10.0. The maximum absolute atomic E-state index is 12.8. The first kappa shape index (κ1) is 18.8. The van der Waals surface area contributed by atoms with Crippen molar-refractivity contribution in [1.29, 1.82) is 0 Å². The van der Waals surface area contributed by atoms with E-state index in [1.807, 2.05) is 13.8 Å². The molecule has 0 radical (unpaired) electrons. The summed E-state index contributed by atoms with van der Waals surface area (Å²) in [5.41, 5.74) is 2.10. The Kier molecular flexibility index (Phi) is 4.39. The Morgan fingerprint density at radius 2 is 2.03 bits per heavy atom. The van der Waals surface area contributed by atoms with Crippen LogP contribution in [0.1, 0.15) is 36.6 Å². The molecule has 0 saturated carbocycles. The van der Waals surface area contributed by atoms with Crippen LogP contribution in [-0.2, 0) is 22.7 Å². The van der Waals surface area contributed by atoms with Crippen molar-refractivity contribution >= 4 is 22.6 Å². The van der Waals surface area contributed by atoms with Crippen LogP contribution < -0.4 is 5.56 Å². The van der Waals surface area contributed by atoms with E-state index in [9.17, 15) is 24.8 Å². The van der Waals surface area contributed by atoms with E-state index >= 15 is 0 Å². The summed E-state index contributed by atoms with van der Waals surface area (Å²) in [4.78, 5) is 39.8. The van der Waals surface area contributed by atoms with Gasteiger partial charge in [0.2, 0.25) is 0 Å². The summed E-state index contributed by atoms with van der Waals surface area (Å²) in [6.45, 7) is 4.01. The SMILES string of the molecule is CC.O=C1OCc2c(cc3n(c2=O)Cc2cc4c([N+](=O)[O-])cccc4nc2-3)C1O. The average molecular weight is 395 g/mol. The molecule has 9 nitrogen and oxygen atoms in total. The number of aliphatic hydroxyl groups excluding tert-OH is 1. The van der Waals surface area contributed by atoms with Crippen molar-refractivity contribution in [2.24, 2.45) is 0 Å². The number of non-ortho nitro benzene ring substituents is 1. The third-order valence-electron chi connectivity index (χ3n) is 4.99. The predicted octanol–water partition coefficient (Wildman–Crippen LogP) is 2.45. The molecule has 5 rings (SSSR count). The van der Waals surface area contributed by atoms with Gasteiger partial charge in [-0.1, -0.05) is 19.9 Å². The number of nitro benzene ring substituents is 1. The van der Waals surface area contributed by atoms with Crippen molar-refractivity contribution in [3.8, 4) is 11.4 Å². The summed E-state index contributed by atoms with van der Waals surface area (Å²) in [6.07, 6.45) is -1.52. The molecule has 3 aromatic rings. The molecule has 0 bridgehead atoms. The van der Waals surface area contributed by atoms with E-state index in [0.29, 0.717) is 27.9 Å². The van der Waals surface area contributed by atoms with Crippen molar-refractivity contribution in [3.05, 3.63) is 67.5 Å². The lowest BCUT2D eigenvalue weighted by molar-refractivity contribution is -0.383. The molecular weight excluding hydrogens is 378 g/mol. The zero-order chi connectivity index (χ0) is 20.9. The molecule has 2 aromatic heterocycles. The van der Waals surface area contributed by atoms with Gasteiger partial charge in [0.1, 0.15) is 6.61 Å². The highest BCUT2D eigenvalue weighted by molar-refractivity contribution is 5.91. The van der Waals surface area contributed by atoms with Gasteiger partial charge >= 0.3 is 5.97 Å². The molecule has 148 valence electrons. The fourth-order valence-corrected chi connectivity index (χ4v) is 3.69. The monoisotopic (exact) mass is 395 g/mol. The van der Waals surface area contributed by atoms with Gasteiger partial charge in [0, 0.05) is 17.2 Å². The highest BCUT2D eigenvalue weighted by Crippen LogP contribution is 2.36. The molecule has 2 aliphatic heterocycles. The highest BCUT2D eigenvalue weighted by Gasteiger charge is 2.34. The van der Waals surface area contributed by atoms with Crippen LogP contribution in [0, 0.1) is 10.1 Å². The van der Waals surface area contributed by atoms with E-state index in [4.69, 9.17) is 4.74 Å². The summed E-state index contributed by atoms with van der Waals surface area (Å²) in [6, 6.07) is 7.86. The number of nitrogens with zero attached hydrogens (tertiary/aromatic N) is 3.